The van der Waals surface area contributed by atoms with E-state index in [1.807, 2.05) is 0 Å². The molecule has 0 saturated heterocycles. The highest BCUT2D eigenvalue weighted by Gasteiger charge is 2.13. The average Bonchev–Trinajstić information content (AvgIpc) is 2.08. The van der Waals surface area contributed by atoms with Crippen molar-refractivity contribution in [1.82, 2.24) is 0 Å². The third-order valence-electron chi connectivity index (χ3n) is 1.94. The molecule has 0 atom stereocenters. The van der Waals surface area contributed by atoms with Crippen molar-refractivity contribution in [3.63, 3.8) is 0 Å². The van der Waals surface area contributed by atoms with E-state index in [2.05, 4.69) is 0 Å². The van der Waals surface area contributed by atoms with Crippen LogP contribution in [0.3, 0.4) is 0 Å². The van der Waals surface area contributed by atoms with Crippen molar-refractivity contribution >= 4 is 5.69 Å². The van der Waals surface area contributed by atoms with Crippen molar-refractivity contribution in [3.05, 3.63) is 39.4 Å². The minimum atomic E-state index is -0.419. The van der Waals surface area contributed by atoms with Crippen LogP contribution in [0, 0.1) is 17.0 Å². The smallest absolute Gasteiger partial charge is 0.272 e. The second-order valence-corrected chi connectivity index (χ2v) is 2.80. The maximum absolute atomic E-state index is 10.6. The maximum Gasteiger partial charge on any atom is 0.272 e. The van der Waals surface area contributed by atoms with E-state index in [1.165, 1.54) is 6.07 Å². The number of nitrogens with zero attached hydrogens (tertiary/aromatic N) is 1. The summed E-state index contributed by atoms with van der Waals surface area (Å²) in [5.74, 6) is 0. The molecule has 4 heteroatoms. The lowest BCUT2D eigenvalue weighted by atomic mass is 10.0. The molecule has 0 saturated carbocycles. The number of rotatable bonds is 3. The Labute approximate surface area is 76.0 Å². The number of hydrogen-bond donors (Lipinski definition) is 1. The van der Waals surface area contributed by atoms with Gasteiger partial charge in [-0.25, -0.2) is 0 Å². The van der Waals surface area contributed by atoms with Crippen LogP contribution in [0.25, 0.3) is 0 Å². The van der Waals surface area contributed by atoms with Crippen molar-refractivity contribution in [2.75, 3.05) is 6.61 Å². The fourth-order valence-electron chi connectivity index (χ4n) is 1.29. The summed E-state index contributed by atoms with van der Waals surface area (Å²) in [4.78, 5) is 10.2. The number of aliphatic hydroxyl groups is 1. The first kappa shape index (κ1) is 9.67. The molecule has 1 aromatic rings. The van der Waals surface area contributed by atoms with Gasteiger partial charge in [0.25, 0.3) is 5.69 Å². The number of aryl methyl sites for hydroxylation is 1. The third kappa shape index (κ3) is 2.03. The number of benzene rings is 1. The summed E-state index contributed by atoms with van der Waals surface area (Å²) in [6, 6.07) is 4.91. The Morgan fingerprint density at radius 2 is 2.23 bits per heavy atom. The fourth-order valence-corrected chi connectivity index (χ4v) is 1.29. The normalized spacial score (nSPS) is 10.0. The van der Waals surface area contributed by atoms with E-state index in [9.17, 15) is 10.1 Å². The summed E-state index contributed by atoms with van der Waals surface area (Å²) < 4.78 is 0. The van der Waals surface area contributed by atoms with Gasteiger partial charge in [-0.05, 0) is 12.5 Å². The first-order chi connectivity index (χ1) is 6.16. The zero-order chi connectivity index (χ0) is 9.84. The highest BCUT2D eigenvalue weighted by Crippen LogP contribution is 2.21. The van der Waals surface area contributed by atoms with E-state index < -0.39 is 4.92 Å². The lowest BCUT2D eigenvalue weighted by molar-refractivity contribution is -0.385. The van der Waals surface area contributed by atoms with Crippen LogP contribution in [0.4, 0.5) is 5.69 Å². The lowest BCUT2D eigenvalue weighted by Gasteiger charge is -2.03. The minimum absolute atomic E-state index is 0.0638. The molecule has 0 radical (unpaired) electrons. The van der Waals surface area contributed by atoms with Crippen LogP contribution < -0.4 is 0 Å². The molecular formula is C9H11NO3. The summed E-state index contributed by atoms with van der Waals surface area (Å²) in [5.41, 5.74) is 1.56. The molecule has 1 N–H and O–H groups in total. The monoisotopic (exact) mass is 181 g/mol. The zero-order valence-electron chi connectivity index (χ0n) is 7.36. The average molecular weight is 181 g/mol. The van der Waals surface area contributed by atoms with Gasteiger partial charge in [-0.2, -0.15) is 0 Å². The molecule has 1 aromatic carbocycles. The summed E-state index contributed by atoms with van der Waals surface area (Å²) in [6.45, 7) is 1.74. The molecule has 0 aliphatic heterocycles. The number of hydrogen-bond acceptors (Lipinski definition) is 3. The fraction of sp³-hybridized carbons (Fsp3) is 0.333. The molecule has 1 rings (SSSR count). The Morgan fingerprint density at radius 1 is 1.54 bits per heavy atom. The van der Waals surface area contributed by atoms with Gasteiger partial charge < -0.3 is 5.11 Å². The van der Waals surface area contributed by atoms with Crippen LogP contribution in [0.15, 0.2) is 18.2 Å². The Hall–Kier alpha value is -1.42. The number of aliphatic hydroxyl groups excluding tert-OH is 1. The summed E-state index contributed by atoms with van der Waals surface area (Å²) in [5, 5.41) is 19.3. The third-order valence-corrected chi connectivity index (χ3v) is 1.94. The topological polar surface area (TPSA) is 63.4 Å². The van der Waals surface area contributed by atoms with Gasteiger partial charge in [-0.3, -0.25) is 10.1 Å². The van der Waals surface area contributed by atoms with E-state index in [0.29, 0.717) is 12.0 Å². The molecule has 70 valence electrons. The molecule has 0 unspecified atom stereocenters. The van der Waals surface area contributed by atoms with E-state index in [0.717, 1.165) is 5.56 Å². The highest BCUT2D eigenvalue weighted by atomic mass is 16.6. The zero-order valence-corrected chi connectivity index (χ0v) is 7.36. The molecule has 0 spiro atoms. The molecule has 4 nitrogen and oxygen atoms in total. The first-order valence-corrected chi connectivity index (χ1v) is 4.00. The molecule has 0 fully saturated rings. The van der Waals surface area contributed by atoms with Crippen molar-refractivity contribution in [2.45, 2.75) is 13.3 Å². The van der Waals surface area contributed by atoms with Crippen LogP contribution in [0.2, 0.25) is 0 Å². The minimum Gasteiger partial charge on any atom is -0.396 e. The quantitative estimate of drug-likeness (QED) is 0.566. The van der Waals surface area contributed by atoms with Gasteiger partial charge in [-0.1, -0.05) is 12.1 Å². The predicted octanol–water partition coefficient (Wildman–Crippen LogP) is 1.44. The van der Waals surface area contributed by atoms with Crippen LogP contribution in [-0.4, -0.2) is 16.6 Å². The second-order valence-electron chi connectivity index (χ2n) is 2.80. The summed E-state index contributed by atoms with van der Waals surface area (Å²) in [6.07, 6.45) is 0.336. The Kier molecular flexibility index (Phi) is 2.97. The Bertz CT molecular complexity index is 323. The Morgan fingerprint density at radius 3 is 2.77 bits per heavy atom. The molecule has 0 aliphatic rings. The van der Waals surface area contributed by atoms with Crippen molar-refractivity contribution in [1.29, 1.82) is 0 Å². The van der Waals surface area contributed by atoms with E-state index >= 15 is 0 Å². The highest BCUT2D eigenvalue weighted by molar-refractivity contribution is 5.45. The van der Waals surface area contributed by atoms with Crippen LogP contribution in [0.1, 0.15) is 11.1 Å². The van der Waals surface area contributed by atoms with E-state index in [4.69, 9.17) is 5.11 Å². The van der Waals surface area contributed by atoms with Crippen LogP contribution in [-0.2, 0) is 6.42 Å². The van der Waals surface area contributed by atoms with Gasteiger partial charge in [0.05, 0.1) is 4.92 Å². The molecular weight excluding hydrogens is 170 g/mol. The molecule has 0 aromatic heterocycles. The Balaban J connectivity index is 3.17. The predicted molar refractivity (Wildman–Crippen MR) is 48.6 cm³/mol. The van der Waals surface area contributed by atoms with E-state index in [1.54, 1.807) is 19.1 Å². The van der Waals surface area contributed by atoms with Gasteiger partial charge in [0.1, 0.15) is 0 Å². The number of nitro benzene ring substituents is 1. The summed E-state index contributed by atoms with van der Waals surface area (Å²) in [7, 11) is 0. The molecule has 0 heterocycles. The van der Waals surface area contributed by atoms with Crippen LogP contribution >= 0.6 is 0 Å². The van der Waals surface area contributed by atoms with Gasteiger partial charge in [0.15, 0.2) is 0 Å². The molecule has 13 heavy (non-hydrogen) atoms. The molecule has 0 amide bonds. The summed E-state index contributed by atoms with van der Waals surface area (Å²) >= 11 is 0. The standard InChI is InChI=1S/C9H11NO3/c1-7-3-2-4-9(10(12)13)8(7)5-6-11/h2-4,11H,5-6H2,1H3. The lowest BCUT2D eigenvalue weighted by Crippen LogP contribution is -2.00. The molecule has 0 bridgehead atoms. The van der Waals surface area contributed by atoms with Crippen molar-refractivity contribution < 1.29 is 10.0 Å². The van der Waals surface area contributed by atoms with Crippen molar-refractivity contribution in [2.24, 2.45) is 0 Å². The molecule has 0 aliphatic carbocycles. The van der Waals surface area contributed by atoms with Crippen LogP contribution in [0.5, 0.6) is 0 Å². The van der Waals surface area contributed by atoms with E-state index in [-0.39, 0.29) is 12.3 Å². The van der Waals surface area contributed by atoms with Gasteiger partial charge in [0.2, 0.25) is 0 Å². The largest absolute Gasteiger partial charge is 0.396 e. The first-order valence-electron chi connectivity index (χ1n) is 4.00. The van der Waals surface area contributed by atoms with Crippen molar-refractivity contribution in [3.8, 4) is 0 Å². The van der Waals surface area contributed by atoms with Gasteiger partial charge in [-0.15, -0.1) is 0 Å². The van der Waals surface area contributed by atoms with Gasteiger partial charge >= 0.3 is 0 Å². The van der Waals surface area contributed by atoms with Gasteiger partial charge in [0, 0.05) is 24.7 Å². The SMILES string of the molecule is Cc1cccc([N+](=O)[O-])c1CCO. The number of nitro groups is 1. The maximum atomic E-state index is 10.6. The second kappa shape index (κ2) is 4.00.